The highest BCUT2D eigenvalue weighted by Crippen LogP contribution is 2.44. The Labute approximate surface area is 214 Å². The molecular weight excluding hydrogens is 545 g/mol. The number of benzene rings is 2. The normalized spacial score (nSPS) is 12.7. The SMILES string of the molecule is CN(C(=O)Oc1c(C(=C/N)/C=N/c2csc(CO)n2)cc(C(F)(F)F)cc1C(F)(F)F)c1ccc(F)cc1. The highest BCUT2D eigenvalue weighted by Gasteiger charge is 2.41. The number of rotatable bonds is 6. The summed E-state index contributed by atoms with van der Waals surface area (Å²) in [5, 5.41) is 10.7. The van der Waals surface area contributed by atoms with Crippen molar-refractivity contribution >= 4 is 40.7 Å². The lowest BCUT2D eigenvalue weighted by Gasteiger charge is -2.22. The van der Waals surface area contributed by atoms with Crippen molar-refractivity contribution < 1.29 is 45.4 Å². The minimum atomic E-state index is -5.39. The van der Waals surface area contributed by atoms with Crippen LogP contribution in [0.15, 0.2) is 53.0 Å². The van der Waals surface area contributed by atoms with Crippen LogP contribution in [0.3, 0.4) is 0 Å². The number of thiazole rings is 1. The molecule has 2 aromatic carbocycles. The van der Waals surface area contributed by atoms with E-state index in [9.17, 15) is 35.5 Å². The number of ether oxygens (including phenoxy) is 1. The second-order valence-corrected chi connectivity index (χ2v) is 8.38. The number of hydrogen-bond acceptors (Lipinski definition) is 7. The molecule has 0 aliphatic rings. The molecule has 0 unspecified atom stereocenters. The molecule has 1 amide bonds. The highest BCUT2D eigenvalue weighted by atomic mass is 32.1. The summed E-state index contributed by atoms with van der Waals surface area (Å²) in [6.45, 7) is -0.413. The largest absolute Gasteiger partial charge is 0.420 e. The summed E-state index contributed by atoms with van der Waals surface area (Å²) in [6.07, 6.45) is -10.5. The molecule has 202 valence electrons. The molecule has 0 radical (unpaired) electrons. The molecule has 0 fully saturated rings. The monoisotopic (exact) mass is 562 g/mol. The number of nitrogens with two attached hydrogens (primary N) is 1. The molecular formula is C23H17F7N4O3S. The van der Waals surface area contributed by atoms with Crippen molar-refractivity contribution in [2.45, 2.75) is 19.0 Å². The quantitative estimate of drug-likeness (QED) is 0.277. The summed E-state index contributed by atoms with van der Waals surface area (Å²) in [5.41, 5.74) is 0.667. The number of carbonyl (C=O) groups is 1. The first kappa shape index (κ1) is 28.6. The third kappa shape index (κ3) is 6.66. The van der Waals surface area contributed by atoms with Gasteiger partial charge in [0.05, 0.1) is 17.7 Å². The second kappa shape index (κ2) is 11.2. The van der Waals surface area contributed by atoms with Gasteiger partial charge in [-0.3, -0.25) is 4.90 Å². The number of anilines is 1. The van der Waals surface area contributed by atoms with E-state index in [4.69, 9.17) is 15.6 Å². The van der Waals surface area contributed by atoms with Crippen LogP contribution in [-0.2, 0) is 19.0 Å². The van der Waals surface area contributed by atoms with Gasteiger partial charge < -0.3 is 15.6 Å². The Morgan fingerprint density at radius 1 is 1.16 bits per heavy atom. The standard InChI is InChI=1S/C23H17F7N4O3S/c1-34(15-4-2-14(24)3-5-15)21(36)37-20-16(6-13(22(25,26)27)7-17(20)23(28,29)30)12(8-31)9-32-18-11-38-19(10-35)33-18/h2-9,11,35H,10,31H2,1H3/b12-8+,32-9+. The molecule has 0 aliphatic carbocycles. The first-order valence-electron chi connectivity index (χ1n) is 10.3. The Morgan fingerprint density at radius 2 is 1.82 bits per heavy atom. The average molecular weight is 562 g/mol. The number of amides is 1. The van der Waals surface area contributed by atoms with Crippen LogP contribution in [0.1, 0.15) is 21.7 Å². The maximum Gasteiger partial charge on any atom is 0.420 e. The van der Waals surface area contributed by atoms with Crippen molar-refractivity contribution in [1.29, 1.82) is 0 Å². The van der Waals surface area contributed by atoms with Gasteiger partial charge in [0, 0.05) is 41.7 Å². The molecule has 3 N–H and O–H groups in total. The van der Waals surface area contributed by atoms with Gasteiger partial charge in [0.15, 0.2) is 11.6 Å². The predicted octanol–water partition coefficient (Wildman–Crippen LogP) is 6.15. The molecule has 1 aromatic heterocycles. The van der Waals surface area contributed by atoms with Gasteiger partial charge in [-0.2, -0.15) is 26.3 Å². The topological polar surface area (TPSA) is 101 Å². The predicted molar refractivity (Wildman–Crippen MR) is 126 cm³/mol. The molecule has 0 bridgehead atoms. The fourth-order valence-electron chi connectivity index (χ4n) is 3.02. The van der Waals surface area contributed by atoms with Crippen molar-refractivity contribution in [2.24, 2.45) is 10.7 Å². The van der Waals surface area contributed by atoms with E-state index in [1.165, 1.54) is 5.38 Å². The first-order valence-corrected chi connectivity index (χ1v) is 11.2. The summed E-state index contributed by atoms with van der Waals surface area (Å²) >= 11 is 1.01. The fourth-order valence-corrected chi connectivity index (χ4v) is 3.60. The van der Waals surface area contributed by atoms with E-state index in [0.29, 0.717) is 12.3 Å². The molecule has 0 spiro atoms. The number of aliphatic hydroxyl groups is 1. The lowest BCUT2D eigenvalue weighted by atomic mass is 9.98. The summed E-state index contributed by atoms with van der Waals surface area (Å²) in [4.78, 5) is 21.3. The lowest BCUT2D eigenvalue weighted by molar-refractivity contribution is -0.143. The van der Waals surface area contributed by atoms with Gasteiger partial charge in [-0.05, 0) is 36.4 Å². The Morgan fingerprint density at radius 3 is 2.34 bits per heavy atom. The molecule has 3 aromatic rings. The molecule has 0 aliphatic heterocycles. The van der Waals surface area contributed by atoms with Crippen LogP contribution in [-0.4, -0.2) is 29.4 Å². The van der Waals surface area contributed by atoms with E-state index >= 15 is 0 Å². The molecule has 1 heterocycles. The minimum Gasteiger partial charge on any atom is -0.409 e. The van der Waals surface area contributed by atoms with Gasteiger partial charge in [-0.25, -0.2) is 19.2 Å². The lowest BCUT2D eigenvalue weighted by Crippen LogP contribution is -2.30. The summed E-state index contributed by atoms with van der Waals surface area (Å²) < 4.78 is 101. The molecule has 0 saturated heterocycles. The molecule has 7 nitrogen and oxygen atoms in total. The third-order valence-corrected chi connectivity index (χ3v) is 5.72. The van der Waals surface area contributed by atoms with Crippen LogP contribution in [0.4, 0.5) is 47.0 Å². The Bertz CT molecular complexity index is 1370. The van der Waals surface area contributed by atoms with Gasteiger partial charge in [0.1, 0.15) is 10.8 Å². The third-order valence-electron chi connectivity index (χ3n) is 4.90. The van der Waals surface area contributed by atoms with E-state index in [-0.39, 0.29) is 22.6 Å². The van der Waals surface area contributed by atoms with E-state index < -0.39 is 58.9 Å². The van der Waals surface area contributed by atoms with Crippen LogP contribution >= 0.6 is 11.3 Å². The number of carbonyl (C=O) groups excluding carboxylic acids is 1. The van der Waals surface area contributed by atoms with Crippen molar-refractivity contribution in [1.82, 2.24) is 4.98 Å². The van der Waals surface area contributed by atoms with Crippen LogP contribution in [0.25, 0.3) is 5.57 Å². The van der Waals surface area contributed by atoms with Gasteiger partial charge in [-0.15, -0.1) is 11.3 Å². The van der Waals surface area contributed by atoms with Crippen molar-refractivity contribution in [3.63, 3.8) is 0 Å². The number of aliphatic hydroxyl groups excluding tert-OH is 1. The van der Waals surface area contributed by atoms with Crippen molar-refractivity contribution in [2.75, 3.05) is 11.9 Å². The smallest absolute Gasteiger partial charge is 0.409 e. The summed E-state index contributed by atoms with van der Waals surface area (Å²) in [6, 6.07) is 4.39. The molecule has 0 atom stereocenters. The van der Waals surface area contributed by atoms with Gasteiger partial charge in [0.25, 0.3) is 0 Å². The van der Waals surface area contributed by atoms with Crippen LogP contribution in [0.2, 0.25) is 0 Å². The zero-order chi connectivity index (χ0) is 28.3. The first-order chi connectivity index (χ1) is 17.7. The maximum atomic E-state index is 13.9. The second-order valence-electron chi connectivity index (χ2n) is 7.44. The minimum absolute atomic E-state index is 0.00370. The van der Waals surface area contributed by atoms with Crippen LogP contribution < -0.4 is 15.4 Å². The zero-order valence-corrected chi connectivity index (χ0v) is 20.0. The Kier molecular flexibility index (Phi) is 8.41. The number of allylic oxidation sites excluding steroid dienone is 1. The number of aliphatic imine (C=N–C) groups is 1. The summed E-state index contributed by atoms with van der Waals surface area (Å²) in [7, 11) is 1.11. The van der Waals surface area contributed by atoms with Gasteiger partial charge in [0.2, 0.25) is 0 Å². The van der Waals surface area contributed by atoms with Crippen LogP contribution in [0, 0.1) is 5.82 Å². The number of halogens is 7. The Hall–Kier alpha value is -3.98. The molecule has 38 heavy (non-hydrogen) atoms. The van der Waals surface area contributed by atoms with E-state index in [2.05, 4.69) is 9.98 Å². The van der Waals surface area contributed by atoms with Crippen molar-refractivity contribution in [3.8, 4) is 5.75 Å². The number of nitrogens with zero attached hydrogens (tertiary/aromatic N) is 3. The molecule has 3 rings (SSSR count). The van der Waals surface area contributed by atoms with Crippen LogP contribution in [0.5, 0.6) is 5.75 Å². The van der Waals surface area contributed by atoms with Crippen molar-refractivity contribution in [3.05, 3.63) is 75.5 Å². The van der Waals surface area contributed by atoms with Gasteiger partial charge >= 0.3 is 18.4 Å². The number of hydrogen-bond donors (Lipinski definition) is 2. The highest BCUT2D eigenvalue weighted by molar-refractivity contribution is 7.09. The molecule has 0 saturated carbocycles. The average Bonchev–Trinajstić information content (AvgIpc) is 3.31. The Balaban J connectivity index is 2.15. The molecule has 15 heteroatoms. The van der Waals surface area contributed by atoms with Gasteiger partial charge in [-0.1, -0.05) is 0 Å². The van der Waals surface area contributed by atoms with E-state index in [0.717, 1.165) is 53.8 Å². The maximum absolute atomic E-state index is 13.9. The fraction of sp³-hybridized carbons (Fsp3) is 0.174. The van der Waals surface area contributed by atoms with E-state index in [1.807, 2.05) is 0 Å². The number of aromatic nitrogens is 1. The number of alkyl halides is 6. The van der Waals surface area contributed by atoms with E-state index in [1.54, 1.807) is 0 Å². The summed E-state index contributed by atoms with van der Waals surface area (Å²) in [5.74, 6) is -1.92. The zero-order valence-electron chi connectivity index (χ0n) is 19.1.